The number of hydrogen-bond donors (Lipinski definition) is 1. The maximum Gasteiger partial charge on any atom is 0.229 e. The van der Waals surface area contributed by atoms with E-state index in [1.165, 1.54) is 24.6 Å². The zero-order valence-corrected chi connectivity index (χ0v) is 16.3. The Morgan fingerprint density at radius 1 is 1.27 bits per heavy atom. The van der Waals surface area contributed by atoms with E-state index in [1.807, 2.05) is 11.6 Å². The number of hydrogen-bond acceptors (Lipinski definition) is 7. The van der Waals surface area contributed by atoms with E-state index < -0.39 is 10.0 Å². The summed E-state index contributed by atoms with van der Waals surface area (Å²) in [7, 11) is -3.34. The van der Waals surface area contributed by atoms with E-state index in [1.54, 1.807) is 24.3 Å². The fourth-order valence-corrected chi connectivity index (χ4v) is 4.50. The van der Waals surface area contributed by atoms with Crippen LogP contribution in [0.2, 0.25) is 0 Å². The highest BCUT2D eigenvalue weighted by molar-refractivity contribution is 8.00. The SMILES string of the molecule is CC(Sc1nnnn1C1CCCC1)C(=O)c1ccc(NS(C)(=O)=O)cc1. The number of benzene rings is 1. The van der Waals surface area contributed by atoms with Gasteiger partial charge in [0.25, 0.3) is 0 Å². The average Bonchev–Trinajstić information content (AvgIpc) is 3.24. The van der Waals surface area contributed by atoms with Crippen molar-refractivity contribution in [1.82, 2.24) is 20.2 Å². The molecule has 26 heavy (non-hydrogen) atoms. The van der Waals surface area contributed by atoms with Gasteiger partial charge in [0, 0.05) is 11.3 Å². The van der Waals surface area contributed by atoms with Gasteiger partial charge in [-0.1, -0.05) is 24.6 Å². The third-order valence-electron chi connectivity index (χ3n) is 4.26. The maximum atomic E-state index is 12.7. The van der Waals surface area contributed by atoms with Crippen LogP contribution < -0.4 is 4.72 Å². The largest absolute Gasteiger partial charge is 0.293 e. The molecule has 1 unspecified atom stereocenters. The van der Waals surface area contributed by atoms with Crippen molar-refractivity contribution < 1.29 is 13.2 Å². The molecule has 1 saturated carbocycles. The zero-order chi connectivity index (χ0) is 18.7. The molecular formula is C16H21N5O3S2. The Morgan fingerprint density at radius 3 is 2.54 bits per heavy atom. The smallest absolute Gasteiger partial charge is 0.229 e. The number of ketones is 1. The summed E-state index contributed by atoms with van der Waals surface area (Å²) in [4.78, 5) is 12.7. The van der Waals surface area contributed by atoms with E-state index in [2.05, 4.69) is 20.2 Å². The molecule has 1 aliphatic rings. The monoisotopic (exact) mass is 395 g/mol. The summed E-state index contributed by atoms with van der Waals surface area (Å²) in [6.07, 6.45) is 5.57. The second-order valence-corrected chi connectivity index (χ2v) is 9.48. The molecule has 1 N–H and O–H groups in total. The molecule has 10 heteroatoms. The van der Waals surface area contributed by atoms with E-state index in [0.717, 1.165) is 19.1 Å². The van der Waals surface area contributed by atoms with Gasteiger partial charge in [-0.3, -0.25) is 9.52 Å². The molecule has 1 aliphatic carbocycles. The molecule has 1 heterocycles. The van der Waals surface area contributed by atoms with Gasteiger partial charge in [-0.05, 0) is 54.5 Å². The topological polar surface area (TPSA) is 107 Å². The molecular weight excluding hydrogens is 374 g/mol. The quantitative estimate of drug-likeness (QED) is 0.567. The number of Topliss-reactive ketones (excluding diaryl/α,β-unsaturated/α-hetero) is 1. The van der Waals surface area contributed by atoms with Crippen LogP contribution in [0, 0.1) is 0 Å². The summed E-state index contributed by atoms with van der Waals surface area (Å²) < 4.78 is 26.7. The van der Waals surface area contributed by atoms with E-state index in [4.69, 9.17) is 0 Å². The van der Waals surface area contributed by atoms with Crippen molar-refractivity contribution in [3.05, 3.63) is 29.8 Å². The number of carbonyl (C=O) groups is 1. The minimum Gasteiger partial charge on any atom is -0.293 e. The van der Waals surface area contributed by atoms with Crippen molar-refractivity contribution in [3.63, 3.8) is 0 Å². The summed E-state index contributed by atoms with van der Waals surface area (Å²) in [5, 5.41) is 12.2. The number of sulfonamides is 1. The van der Waals surface area contributed by atoms with E-state index >= 15 is 0 Å². The van der Waals surface area contributed by atoms with Gasteiger partial charge in [0.15, 0.2) is 5.78 Å². The number of nitrogens with zero attached hydrogens (tertiary/aromatic N) is 4. The lowest BCUT2D eigenvalue weighted by Crippen LogP contribution is -2.16. The predicted octanol–water partition coefficient (Wildman–Crippen LogP) is 2.52. The number of carbonyl (C=O) groups excluding carboxylic acids is 1. The number of tetrazole rings is 1. The molecule has 0 spiro atoms. The van der Waals surface area contributed by atoms with Crippen molar-refractivity contribution in [3.8, 4) is 0 Å². The van der Waals surface area contributed by atoms with E-state index in [-0.39, 0.29) is 11.0 Å². The second-order valence-electron chi connectivity index (χ2n) is 6.42. The minimum absolute atomic E-state index is 0.0538. The number of anilines is 1. The van der Waals surface area contributed by atoms with Crippen LogP contribution in [-0.2, 0) is 10.0 Å². The van der Waals surface area contributed by atoms with Crippen molar-refractivity contribution in [2.24, 2.45) is 0 Å². The lowest BCUT2D eigenvalue weighted by atomic mass is 10.1. The third kappa shape index (κ3) is 4.61. The number of rotatable bonds is 7. The van der Waals surface area contributed by atoms with Gasteiger partial charge in [0.05, 0.1) is 17.5 Å². The molecule has 1 fully saturated rings. The minimum atomic E-state index is -3.34. The van der Waals surface area contributed by atoms with Crippen LogP contribution in [-0.4, -0.2) is 45.9 Å². The Labute approximate surface area is 156 Å². The molecule has 8 nitrogen and oxygen atoms in total. The Morgan fingerprint density at radius 2 is 1.92 bits per heavy atom. The molecule has 0 aliphatic heterocycles. The molecule has 2 aromatic rings. The Bertz CT molecular complexity index is 874. The van der Waals surface area contributed by atoms with Crippen molar-refractivity contribution in [1.29, 1.82) is 0 Å². The van der Waals surface area contributed by atoms with Crippen LogP contribution in [0.25, 0.3) is 0 Å². The number of aromatic nitrogens is 4. The van der Waals surface area contributed by atoms with E-state index in [9.17, 15) is 13.2 Å². The summed E-state index contributed by atoms with van der Waals surface area (Å²) >= 11 is 1.35. The van der Waals surface area contributed by atoms with Crippen molar-refractivity contribution >= 4 is 33.3 Å². The van der Waals surface area contributed by atoms with Gasteiger partial charge < -0.3 is 0 Å². The van der Waals surface area contributed by atoms with Gasteiger partial charge in [-0.2, -0.15) is 0 Å². The molecule has 0 amide bonds. The van der Waals surface area contributed by atoms with Crippen LogP contribution in [0.5, 0.6) is 0 Å². The van der Waals surface area contributed by atoms with Gasteiger partial charge in [-0.15, -0.1) is 5.10 Å². The molecule has 1 atom stereocenters. The molecule has 0 radical (unpaired) electrons. The molecule has 1 aromatic heterocycles. The lowest BCUT2D eigenvalue weighted by Gasteiger charge is -2.14. The Hall–Kier alpha value is -1.94. The first kappa shape index (κ1) is 18.8. The first-order valence-electron chi connectivity index (χ1n) is 8.40. The van der Waals surface area contributed by atoms with Crippen LogP contribution in [0.15, 0.2) is 29.4 Å². The summed E-state index contributed by atoms with van der Waals surface area (Å²) in [5.74, 6) is -0.0538. The van der Waals surface area contributed by atoms with E-state index in [0.29, 0.717) is 22.4 Å². The molecule has 3 rings (SSSR count). The van der Waals surface area contributed by atoms with Gasteiger partial charge in [0.2, 0.25) is 15.2 Å². The Balaban J connectivity index is 1.67. The van der Waals surface area contributed by atoms with Gasteiger partial charge in [-0.25, -0.2) is 13.1 Å². The fraction of sp³-hybridized carbons (Fsp3) is 0.500. The van der Waals surface area contributed by atoms with Crippen LogP contribution in [0.3, 0.4) is 0 Å². The standard InChI is InChI=1S/C16H21N5O3S2/c1-11(25-16-17-19-20-21(16)14-5-3-4-6-14)15(22)12-7-9-13(10-8-12)18-26(2,23)24/h7-11,14,18H,3-6H2,1-2H3. The highest BCUT2D eigenvalue weighted by Crippen LogP contribution is 2.33. The highest BCUT2D eigenvalue weighted by Gasteiger charge is 2.25. The first-order valence-corrected chi connectivity index (χ1v) is 11.2. The zero-order valence-electron chi connectivity index (χ0n) is 14.6. The fourth-order valence-electron chi connectivity index (χ4n) is 3.00. The van der Waals surface area contributed by atoms with Crippen LogP contribution in [0.4, 0.5) is 5.69 Å². The normalized spacial score (nSPS) is 16.5. The average molecular weight is 396 g/mol. The Kier molecular flexibility index (Phi) is 5.61. The summed E-state index contributed by atoms with van der Waals surface area (Å²) in [6.45, 7) is 1.82. The van der Waals surface area contributed by atoms with Crippen molar-refractivity contribution in [2.75, 3.05) is 11.0 Å². The summed E-state index contributed by atoms with van der Waals surface area (Å²) in [6, 6.07) is 6.71. The molecule has 140 valence electrons. The van der Waals surface area contributed by atoms with Crippen LogP contribution in [0.1, 0.15) is 49.0 Å². The number of thioether (sulfide) groups is 1. The summed E-state index contributed by atoms with van der Waals surface area (Å²) in [5.41, 5.74) is 0.943. The molecule has 1 aromatic carbocycles. The molecule has 0 bridgehead atoms. The lowest BCUT2D eigenvalue weighted by molar-refractivity contribution is 0.0994. The van der Waals surface area contributed by atoms with Crippen molar-refractivity contribution in [2.45, 2.75) is 49.1 Å². The predicted molar refractivity (Wildman–Crippen MR) is 99.9 cm³/mol. The molecule has 0 saturated heterocycles. The van der Waals surface area contributed by atoms with Gasteiger partial charge in [0.1, 0.15) is 0 Å². The first-order chi connectivity index (χ1) is 12.3. The van der Waals surface area contributed by atoms with Gasteiger partial charge >= 0.3 is 0 Å². The highest BCUT2D eigenvalue weighted by atomic mass is 32.2. The van der Waals surface area contributed by atoms with Crippen LogP contribution >= 0.6 is 11.8 Å². The maximum absolute atomic E-state index is 12.7. The number of nitrogens with one attached hydrogen (secondary N) is 1. The third-order valence-corrected chi connectivity index (χ3v) is 5.91. The second kappa shape index (κ2) is 7.75.